The van der Waals surface area contributed by atoms with Crippen LogP contribution in [-0.2, 0) is 16.0 Å². The van der Waals surface area contributed by atoms with Crippen molar-refractivity contribution in [3.05, 3.63) is 34.9 Å². The van der Waals surface area contributed by atoms with Gasteiger partial charge in [0.15, 0.2) is 0 Å². The summed E-state index contributed by atoms with van der Waals surface area (Å²) in [5, 5.41) is 0. The number of benzene rings is 1. The van der Waals surface area contributed by atoms with Gasteiger partial charge in [-0.05, 0) is 38.3 Å². The molecule has 0 aliphatic heterocycles. The number of carbonyl (C=O) groups is 1. The third kappa shape index (κ3) is 3.86. The first kappa shape index (κ1) is 13.7. The van der Waals surface area contributed by atoms with Crippen molar-refractivity contribution >= 4 is 5.97 Å². The van der Waals surface area contributed by atoms with E-state index in [4.69, 9.17) is 10.5 Å². The molecular weight excluding hydrogens is 214 g/mol. The summed E-state index contributed by atoms with van der Waals surface area (Å²) in [5.41, 5.74) is 9.21. The Kier molecular flexibility index (Phi) is 5.16. The minimum absolute atomic E-state index is 0.198. The third-order valence-corrected chi connectivity index (χ3v) is 2.88. The fourth-order valence-electron chi connectivity index (χ4n) is 1.81. The van der Waals surface area contributed by atoms with Crippen molar-refractivity contribution in [2.45, 2.75) is 27.2 Å². The van der Waals surface area contributed by atoms with Gasteiger partial charge in [-0.2, -0.15) is 0 Å². The van der Waals surface area contributed by atoms with Crippen LogP contribution in [0.5, 0.6) is 0 Å². The molecule has 0 aliphatic rings. The van der Waals surface area contributed by atoms with E-state index in [9.17, 15) is 4.79 Å². The van der Waals surface area contributed by atoms with Crippen LogP contribution < -0.4 is 5.73 Å². The maximum atomic E-state index is 11.7. The smallest absolute Gasteiger partial charge is 0.310 e. The van der Waals surface area contributed by atoms with Gasteiger partial charge in [-0.15, -0.1) is 0 Å². The van der Waals surface area contributed by atoms with Crippen molar-refractivity contribution in [1.82, 2.24) is 0 Å². The van der Waals surface area contributed by atoms with Crippen LogP contribution in [0.4, 0.5) is 0 Å². The van der Waals surface area contributed by atoms with Gasteiger partial charge in [0.05, 0.1) is 12.5 Å². The summed E-state index contributed by atoms with van der Waals surface area (Å²) >= 11 is 0. The van der Waals surface area contributed by atoms with E-state index in [1.165, 1.54) is 16.7 Å². The quantitative estimate of drug-likeness (QED) is 0.794. The Balaban J connectivity index is 2.80. The fourth-order valence-corrected chi connectivity index (χ4v) is 1.81. The van der Waals surface area contributed by atoms with Crippen LogP contribution in [0.15, 0.2) is 18.2 Å². The molecule has 94 valence electrons. The van der Waals surface area contributed by atoms with E-state index in [1.54, 1.807) is 0 Å². The van der Waals surface area contributed by atoms with Crippen molar-refractivity contribution in [3.8, 4) is 0 Å². The Morgan fingerprint density at radius 1 is 1.41 bits per heavy atom. The molecule has 1 aromatic rings. The van der Waals surface area contributed by atoms with Gasteiger partial charge in [-0.1, -0.05) is 23.8 Å². The molecule has 0 amide bonds. The van der Waals surface area contributed by atoms with Gasteiger partial charge in [-0.3, -0.25) is 4.79 Å². The molecule has 1 atom stereocenters. The van der Waals surface area contributed by atoms with Crippen molar-refractivity contribution in [2.75, 3.05) is 13.2 Å². The molecule has 1 rings (SSSR count). The van der Waals surface area contributed by atoms with Gasteiger partial charge in [0.25, 0.3) is 0 Å². The molecule has 0 radical (unpaired) electrons. The van der Waals surface area contributed by atoms with Gasteiger partial charge in [0, 0.05) is 6.54 Å². The number of rotatable bonds is 5. The fraction of sp³-hybridized carbons (Fsp3) is 0.500. The molecule has 0 aliphatic carbocycles. The summed E-state index contributed by atoms with van der Waals surface area (Å²) < 4.78 is 5.02. The van der Waals surface area contributed by atoms with Crippen LogP contribution in [0.25, 0.3) is 0 Å². The zero-order chi connectivity index (χ0) is 12.8. The number of nitrogens with two attached hydrogens (primary N) is 1. The second-order valence-corrected chi connectivity index (χ2v) is 4.32. The van der Waals surface area contributed by atoms with Crippen LogP contribution in [0.1, 0.15) is 23.6 Å². The third-order valence-electron chi connectivity index (χ3n) is 2.88. The molecule has 0 saturated heterocycles. The Morgan fingerprint density at radius 3 is 2.71 bits per heavy atom. The zero-order valence-electron chi connectivity index (χ0n) is 10.8. The standard InChI is InChI=1S/C14H21NO2/c1-4-17-14(16)13(9-15)8-12-7-10(2)5-6-11(12)3/h5-7,13H,4,8-9,15H2,1-3H3. The maximum absolute atomic E-state index is 11.7. The second kappa shape index (κ2) is 6.40. The average Bonchev–Trinajstić information content (AvgIpc) is 2.30. The Bertz CT molecular complexity index is 388. The zero-order valence-corrected chi connectivity index (χ0v) is 10.8. The second-order valence-electron chi connectivity index (χ2n) is 4.32. The van der Waals surface area contributed by atoms with Gasteiger partial charge in [0.1, 0.15) is 0 Å². The monoisotopic (exact) mass is 235 g/mol. The Labute approximate surface area is 103 Å². The molecule has 17 heavy (non-hydrogen) atoms. The van der Waals surface area contributed by atoms with E-state index in [2.05, 4.69) is 18.2 Å². The Morgan fingerprint density at radius 2 is 2.12 bits per heavy atom. The van der Waals surface area contributed by atoms with Crippen LogP contribution >= 0.6 is 0 Å². The normalized spacial score (nSPS) is 12.2. The topological polar surface area (TPSA) is 52.3 Å². The molecule has 0 spiro atoms. The summed E-state index contributed by atoms with van der Waals surface area (Å²) in [7, 11) is 0. The van der Waals surface area contributed by atoms with Crippen LogP contribution in [0, 0.1) is 19.8 Å². The van der Waals surface area contributed by atoms with Crippen molar-refractivity contribution in [2.24, 2.45) is 11.7 Å². The van der Waals surface area contributed by atoms with Crippen molar-refractivity contribution < 1.29 is 9.53 Å². The molecular formula is C14H21NO2. The largest absolute Gasteiger partial charge is 0.466 e. The van der Waals surface area contributed by atoms with Gasteiger partial charge in [-0.25, -0.2) is 0 Å². The van der Waals surface area contributed by atoms with Crippen LogP contribution in [-0.4, -0.2) is 19.1 Å². The van der Waals surface area contributed by atoms with E-state index >= 15 is 0 Å². The number of esters is 1. The van der Waals surface area contributed by atoms with E-state index in [1.807, 2.05) is 20.8 Å². The lowest BCUT2D eigenvalue weighted by atomic mass is 9.95. The molecule has 1 aromatic carbocycles. The minimum Gasteiger partial charge on any atom is -0.466 e. The van der Waals surface area contributed by atoms with Gasteiger partial charge >= 0.3 is 5.97 Å². The highest BCUT2D eigenvalue weighted by Crippen LogP contribution is 2.16. The Hall–Kier alpha value is -1.35. The number of aryl methyl sites for hydroxylation is 2. The highest BCUT2D eigenvalue weighted by atomic mass is 16.5. The first-order valence-corrected chi connectivity index (χ1v) is 6.01. The van der Waals surface area contributed by atoms with Gasteiger partial charge < -0.3 is 10.5 Å². The van der Waals surface area contributed by atoms with Crippen molar-refractivity contribution in [1.29, 1.82) is 0 Å². The predicted octanol–water partition coefficient (Wildman–Crippen LogP) is 1.98. The van der Waals surface area contributed by atoms with E-state index < -0.39 is 0 Å². The molecule has 1 unspecified atom stereocenters. The summed E-state index contributed by atoms with van der Waals surface area (Å²) in [5.74, 6) is -0.439. The SMILES string of the molecule is CCOC(=O)C(CN)Cc1cc(C)ccc1C. The maximum Gasteiger partial charge on any atom is 0.310 e. The number of hydrogen-bond acceptors (Lipinski definition) is 3. The average molecular weight is 235 g/mol. The van der Waals surface area contributed by atoms with Crippen molar-refractivity contribution in [3.63, 3.8) is 0 Å². The van der Waals surface area contributed by atoms with E-state index in [0.717, 1.165) is 0 Å². The first-order chi connectivity index (χ1) is 8.08. The predicted molar refractivity (Wildman–Crippen MR) is 68.8 cm³/mol. The lowest BCUT2D eigenvalue weighted by Gasteiger charge is -2.15. The molecule has 0 heterocycles. The molecule has 0 saturated carbocycles. The lowest BCUT2D eigenvalue weighted by molar-refractivity contribution is -0.147. The number of hydrogen-bond donors (Lipinski definition) is 1. The minimum atomic E-state index is -0.240. The molecule has 2 N–H and O–H groups in total. The molecule has 3 heteroatoms. The lowest BCUT2D eigenvalue weighted by Crippen LogP contribution is -2.28. The molecule has 0 bridgehead atoms. The summed E-state index contributed by atoms with van der Waals surface area (Å²) in [6.45, 7) is 6.63. The summed E-state index contributed by atoms with van der Waals surface area (Å²) in [4.78, 5) is 11.7. The highest BCUT2D eigenvalue weighted by molar-refractivity contribution is 5.73. The molecule has 3 nitrogen and oxygen atoms in total. The summed E-state index contributed by atoms with van der Waals surface area (Å²) in [6, 6.07) is 6.25. The van der Waals surface area contributed by atoms with Crippen LogP contribution in [0.3, 0.4) is 0 Å². The van der Waals surface area contributed by atoms with E-state index in [-0.39, 0.29) is 11.9 Å². The van der Waals surface area contributed by atoms with E-state index in [0.29, 0.717) is 19.6 Å². The van der Waals surface area contributed by atoms with Gasteiger partial charge in [0.2, 0.25) is 0 Å². The van der Waals surface area contributed by atoms with Crippen LogP contribution in [0.2, 0.25) is 0 Å². The molecule has 0 aromatic heterocycles. The highest BCUT2D eigenvalue weighted by Gasteiger charge is 2.19. The first-order valence-electron chi connectivity index (χ1n) is 6.01. The summed E-state index contributed by atoms with van der Waals surface area (Å²) in [6.07, 6.45) is 0.656. The molecule has 0 fully saturated rings. The number of carbonyl (C=O) groups excluding carboxylic acids is 1. The number of ether oxygens (including phenoxy) is 1.